The number of nitrogens with zero attached hydrogens (tertiary/aromatic N) is 2. The number of hydrogen-bond acceptors (Lipinski definition) is 5. The number of methoxy groups -OCH3 is 1. The lowest BCUT2D eigenvalue weighted by molar-refractivity contribution is -0.140. The zero-order valence-corrected chi connectivity index (χ0v) is 12.3. The maximum Gasteiger partial charge on any atom is 0.305 e. The molecule has 1 rings (SSSR count). The van der Waals surface area contributed by atoms with Crippen molar-refractivity contribution < 1.29 is 14.3 Å². The zero-order chi connectivity index (χ0) is 15.7. The van der Waals surface area contributed by atoms with Crippen molar-refractivity contribution in [1.29, 1.82) is 5.26 Å². The van der Waals surface area contributed by atoms with Crippen molar-refractivity contribution in [1.82, 2.24) is 4.90 Å². The minimum atomic E-state index is -0.245. The van der Waals surface area contributed by atoms with Crippen molar-refractivity contribution in [2.75, 3.05) is 32.6 Å². The van der Waals surface area contributed by atoms with Crippen LogP contribution in [0.25, 0.3) is 0 Å². The van der Waals surface area contributed by atoms with E-state index in [2.05, 4.69) is 10.1 Å². The van der Waals surface area contributed by atoms with Gasteiger partial charge in [0.25, 0.3) is 0 Å². The van der Waals surface area contributed by atoms with Gasteiger partial charge < -0.3 is 10.1 Å². The quantitative estimate of drug-likeness (QED) is 0.767. The van der Waals surface area contributed by atoms with Gasteiger partial charge in [0.05, 0.1) is 25.3 Å². The van der Waals surface area contributed by atoms with Gasteiger partial charge in [0.2, 0.25) is 5.91 Å². The van der Waals surface area contributed by atoms with E-state index in [4.69, 9.17) is 5.26 Å². The molecule has 6 nitrogen and oxygen atoms in total. The molecule has 112 valence electrons. The van der Waals surface area contributed by atoms with Gasteiger partial charge in [0, 0.05) is 12.1 Å². The van der Waals surface area contributed by atoms with Crippen LogP contribution >= 0.6 is 0 Å². The molecule has 0 radical (unpaired) electrons. The van der Waals surface area contributed by atoms with Crippen LogP contribution in [0.5, 0.6) is 0 Å². The first-order valence-electron chi connectivity index (χ1n) is 6.60. The maximum absolute atomic E-state index is 11.8. The second-order valence-electron chi connectivity index (χ2n) is 4.65. The maximum atomic E-state index is 11.8. The van der Waals surface area contributed by atoms with E-state index in [1.165, 1.54) is 7.11 Å². The number of nitrogens with one attached hydrogen (secondary N) is 1. The highest BCUT2D eigenvalue weighted by Crippen LogP contribution is 2.08. The molecule has 0 heterocycles. The number of rotatable bonds is 7. The smallest absolute Gasteiger partial charge is 0.305 e. The van der Waals surface area contributed by atoms with Gasteiger partial charge >= 0.3 is 5.97 Å². The van der Waals surface area contributed by atoms with E-state index in [9.17, 15) is 9.59 Å². The Morgan fingerprint density at radius 1 is 1.33 bits per heavy atom. The monoisotopic (exact) mass is 289 g/mol. The van der Waals surface area contributed by atoms with Crippen molar-refractivity contribution in [3.63, 3.8) is 0 Å². The van der Waals surface area contributed by atoms with Crippen LogP contribution in [0.1, 0.15) is 18.4 Å². The Hall–Kier alpha value is -2.39. The van der Waals surface area contributed by atoms with Crippen LogP contribution in [-0.2, 0) is 14.3 Å². The summed E-state index contributed by atoms with van der Waals surface area (Å²) in [5.74, 6) is -0.384. The fraction of sp³-hybridized carbons (Fsp3) is 0.400. The third-order valence-corrected chi connectivity index (χ3v) is 2.86. The lowest BCUT2D eigenvalue weighted by Gasteiger charge is -2.15. The third-order valence-electron chi connectivity index (χ3n) is 2.86. The number of carbonyl (C=O) groups is 2. The number of benzene rings is 1. The summed E-state index contributed by atoms with van der Waals surface area (Å²) in [6, 6.07) is 8.69. The average Bonchev–Trinajstić information content (AvgIpc) is 2.47. The second kappa shape index (κ2) is 8.72. The number of nitriles is 1. The van der Waals surface area contributed by atoms with Gasteiger partial charge in [-0.25, -0.2) is 0 Å². The van der Waals surface area contributed by atoms with Crippen molar-refractivity contribution in [2.24, 2.45) is 0 Å². The van der Waals surface area contributed by atoms with Crippen LogP contribution in [0.2, 0.25) is 0 Å². The summed E-state index contributed by atoms with van der Waals surface area (Å²) in [6.45, 7) is 0.872. The predicted molar refractivity (Wildman–Crippen MR) is 78.5 cm³/mol. The van der Waals surface area contributed by atoms with E-state index >= 15 is 0 Å². The first-order valence-corrected chi connectivity index (χ1v) is 6.60. The summed E-state index contributed by atoms with van der Waals surface area (Å²) in [6.07, 6.45) is 0.991. The highest BCUT2D eigenvalue weighted by atomic mass is 16.5. The number of esters is 1. The largest absolute Gasteiger partial charge is 0.469 e. The van der Waals surface area contributed by atoms with E-state index in [0.29, 0.717) is 30.6 Å². The van der Waals surface area contributed by atoms with Gasteiger partial charge in [-0.05, 0) is 44.3 Å². The molecule has 6 heteroatoms. The predicted octanol–water partition coefficient (Wildman–Crippen LogP) is 1.38. The van der Waals surface area contributed by atoms with E-state index in [1.807, 2.05) is 18.0 Å². The number of carbonyl (C=O) groups excluding carboxylic acids is 2. The minimum absolute atomic E-state index is 0.139. The van der Waals surface area contributed by atoms with Gasteiger partial charge in [-0.3, -0.25) is 14.5 Å². The summed E-state index contributed by atoms with van der Waals surface area (Å²) >= 11 is 0. The van der Waals surface area contributed by atoms with Gasteiger partial charge in [-0.15, -0.1) is 0 Å². The van der Waals surface area contributed by atoms with Gasteiger partial charge in [-0.1, -0.05) is 0 Å². The Balaban J connectivity index is 2.32. The molecule has 0 saturated carbocycles. The molecule has 0 fully saturated rings. The molecule has 1 amide bonds. The molecule has 0 aliphatic carbocycles. The Morgan fingerprint density at radius 3 is 2.57 bits per heavy atom. The number of ether oxygens (including phenoxy) is 1. The molecule has 0 aliphatic heterocycles. The van der Waals surface area contributed by atoms with Crippen molar-refractivity contribution >= 4 is 17.6 Å². The van der Waals surface area contributed by atoms with Crippen LogP contribution in [-0.4, -0.2) is 44.0 Å². The van der Waals surface area contributed by atoms with Gasteiger partial charge in [0.1, 0.15) is 0 Å². The Morgan fingerprint density at radius 2 is 2.00 bits per heavy atom. The summed E-state index contributed by atoms with van der Waals surface area (Å²) in [5, 5.41) is 11.4. The molecule has 0 aliphatic rings. The van der Waals surface area contributed by atoms with E-state index in [-0.39, 0.29) is 18.4 Å². The molecule has 0 spiro atoms. The van der Waals surface area contributed by atoms with Crippen LogP contribution in [0.3, 0.4) is 0 Å². The van der Waals surface area contributed by atoms with Crippen molar-refractivity contribution in [3.8, 4) is 6.07 Å². The molecule has 0 unspecified atom stereocenters. The lowest BCUT2D eigenvalue weighted by atomic mass is 10.2. The summed E-state index contributed by atoms with van der Waals surface area (Å²) in [7, 11) is 3.17. The fourth-order valence-electron chi connectivity index (χ4n) is 1.75. The summed E-state index contributed by atoms with van der Waals surface area (Å²) in [4.78, 5) is 24.6. The molecule has 0 atom stereocenters. The Bertz CT molecular complexity index is 520. The van der Waals surface area contributed by atoms with E-state index < -0.39 is 0 Å². The minimum Gasteiger partial charge on any atom is -0.469 e. The van der Waals surface area contributed by atoms with Gasteiger partial charge in [0.15, 0.2) is 0 Å². The van der Waals surface area contributed by atoms with E-state index in [1.54, 1.807) is 24.3 Å². The number of amides is 1. The molecule has 21 heavy (non-hydrogen) atoms. The van der Waals surface area contributed by atoms with Crippen LogP contribution < -0.4 is 5.32 Å². The zero-order valence-electron chi connectivity index (χ0n) is 12.3. The number of hydrogen-bond donors (Lipinski definition) is 1. The molecular formula is C15H19N3O3. The molecule has 1 N–H and O–H groups in total. The van der Waals surface area contributed by atoms with Crippen LogP contribution in [0.15, 0.2) is 24.3 Å². The molecule has 0 aromatic heterocycles. The molecule has 1 aromatic carbocycles. The first kappa shape index (κ1) is 16.7. The summed E-state index contributed by atoms with van der Waals surface area (Å²) in [5.41, 5.74) is 1.20. The molecular weight excluding hydrogens is 270 g/mol. The summed E-state index contributed by atoms with van der Waals surface area (Å²) < 4.78 is 4.55. The van der Waals surface area contributed by atoms with Crippen LogP contribution in [0.4, 0.5) is 5.69 Å². The standard InChI is InChI=1S/C15H19N3O3/c1-18(9-3-4-15(20)21-2)11-14(19)17-13-7-5-12(10-16)6-8-13/h5-8H,3-4,9,11H2,1-2H3,(H,17,19). The van der Waals surface area contributed by atoms with Gasteiger partial charge in [-0.2, -0.15) is 5.26 Å². The Labute approximate surface area is 124 Å². The number of likely N-dealkylation sites (N-methyl/N-ethyl adjacent to an activating group) is 1. The van der Waals surface area contributed by atoms with Crippen molar-refractivity contribution in [2.45, 2.75) is 12.8 Å². The van der Waals surface area contributed by atoms with Crippen molar-refractivity contribution in [3.05, 3.63) is 29.8 Å². The molecule has 0 bridgehead atoms. The number of anilines is 1. The lowest BCUT2D eigenvalue weighted by Crippen LogP contribution is -2.31. The average molecular weight is 289 g/mol. The van der Waals surface area contributed by atoms with E-state index in [0.717, 1.165) is 0 Å². The Kier molecular flexibility index (Phi) is 6.92. The molecule has 0 saturated heterocycles. The highest BCUT2D eigenvalue weighted by molar-refractivity contribution is 5.92. The highest BCUT2D eigenvalue weighted by Gasteiger charge is 2.08. The topological polar surface area (TPSA) is 82.4 Å². The second-order valence-corrected chi connectivity index (χ2v) is 4.65. The fourth-order valence-corrected chi connectivity index (χ4v) is 1.75. The van der Waals surface area contributed by atoms with Crippen LogP contribution in [0, 0.1) is 11.3 Å². The normalized spacial score (nSPS) is 10.0. The SMILES string of the molecule is COC(=O)CCCN(C)CC(=O)Nc1ccc(C#N)cc1. The first-order chi connectivity index (χ1) is 10.0. The molecule has 1 aromatic rings. The third kappa shape index (κ3) is 6.54.